The number of aromatic nitrogens is 2. The lowest BCUT2D eigenvalue weighted by Gasteiger charge is -2.44. The van der Waals surface area contributed by atoms with E-state index < -0.39 is 77.7 Å². The Balaban J connectivity index is 1.30. The highest BCUT2D eigenvalue weighted by Gasteiger charge is 2.56. The van der Waals surface area contributed by atoms with Gasteiger partial charge in [0.05, 0.1) is 18.6 Å². The number of benzene rings is 3. The molecule has 9 unspecified atom stereocenters. The van der Waals surface area contributed by atoms with Crippen LogP contribution in [0.3, 0.4) is 0 Å². The molecular weight excluding hydrogens is 780 g/mol. The number of imidazole rings is 1. The van der Waals surface area contributed by atoms with Crippen molar-refractivity contribution in [1.29, 1.82) is 0 Å². The summed E-state index contributed by atoms with van der Waals surface area (Å²) in [6, 6.07) is 15.0. The Labute approximate surface area is 343 Å². The quantitative estimate of drug-likeness (QED) is 0.0410. The number of aliphatic hydroxyl groups is 5. The highest BCUT2D eigenvalue weighted by Crippen LogP contribution is 2.55. The second-order valence-corrected chi connectivity index (χ2v) is 15.5. The van der Waals surface area contributed by atoms with Gasteiger partial charge in [-0.05, 0) is 72.1 Å². The molecule has 7 rings (SSSR count). The van der Waals surface area contributed by atoms with Crippen LogP contribution in [-0.4, -0.2) is 125 Å². The Hall–Kier alpha value is -6.02. The Morgan fingerprint density at radius 1 is 1.10 bits per heavy atom. The number of aromatic hydroxyl groups is 2. The first-order valence-corrected chi connectivity index (χ1v) is 19.4. The molecule has 18 nitrogen and oxygen atoms in total. The molecule has 318 valence electrons. The number of carbonyl (C=O) groups is 2. The van der Waals surface area contributed by atoms with Gasteiger partial charge in [-0.2, -0.15) is 0 Å². The number of carboxylic acid groups (broad SMARTS) is 1. The first kappa shape index (κ1) is 42.1. The average Bonchev–Trinajstić information content (AvgIpc) is 3.98. The van der Waals surface area contributed by atoms with Crippen LogP contribution in [-0.2, 0) is 26.2 Å². The number of phenols is 2. The van der Waals surface area contributed by atoms with Gasteiger partial charge in [-0.1, -0.05) is 36.4 Å². The van der Waals surface area contributed by atoms with Crippen LogP contribution in [0.4, 0.5) is 5.69 Å². The first-order valence-electron chi connectivity index (χ1n) is 19.4. The zero-order valence-electron chi connectivity index (χ0n) is 32.5. The molecule has 1 amide bonds. The van der Waals surface area contributed by atoms with E-state index in [2.05, 4.69) is 20.3 Å². The van der Waals surface area contributed by atoms with Crippen molar-refractivity contribution in [2.45, 2.75) is 85.9 Å². The van der Waals surface area contributed by atoms with Crippen molar-refractivity contribution in [2.24, 2.45) is 10.7 Å². The molecule has 4 aromatic rings. The van der Waals surface area contributed by atoms with Crippen molar-refractivity contribution in [3.05, 3.63) is 107 Å². The number of rotatable bonds is 12. The molecule has 2 aliphatic heterocycles. The summed E-state index contributed by atoms with van der Waals surface area (Å²) in [5.74, 6) is -7.14. The molecule has 1 aromatic heterocycles. The van der Waals surface area contributed by atoms with Crippen LogP contribution in [0, 0.1) is 0 Å². The number of carbonyl (C=O) groups excluding carboxylic acids is 1. The number of aliphatic carboxylic acids is 1. The number of anilines is 1. The van der Waals surface area contributed by atoms with Gasteiger partial charge in [0.2, 0.25) is 0 Å². The summed E-state index contributed by atoms with van der Waals surface area (Å²) < 4.78 is 10.9. The zero-order valence-corrected chi connectivity index (χ0v) is 32.5. The number of hydrogen-bond acceptors (Lipinski definition) is 13. The predicted molar refractivity (Wildman–Crippen MR) is 215 cm³/mol. The number of hydrogen-bond donors (Lipinski definition) is 11. The third-order valence-corrected chi connectivity index (χ3v) is 11.8. The molecule has 3 aromatic carbocycles. The van der Waals surface area contributed by atoms with Crippen LogP contribution in [0.15, 0.2) is 84.3 Å². The van der Waals surface area contributed by atoms with E-state index in [-0.39, 0.29) is 35.4 Å². The number of aliphatic imine (C=N–C) groups is 1. The third kappa shape index (κ3) is 8.12. The summed E-state index contributed by atoms with van der Waals surface area (Å²) in [4.78, 5) is 40.1. The highest BCUT2D eigenvalue weighted by atomic mass is 16.8. The van der Waals surface area contributed by atoms with Gasteiger partial charge in [0.1, 0.15) is 30.1 Å². The molecule has 3 aliphatic rings. The summed E-state index contributed by atoms with van der Waals surface area (Å²) in [5.41, 5.74) is 8.39. The second kappa shape index (κ2) is 16.9. The number of guanidine groups is 1. The molecule has 1 aliphatic carbocycles. The summed E-state index contributed by atoms with van der Waals surface area (Å²) in [5, 5.41) is 88.7. The minimum Gasteiger partial charge on any atom is -0.508 e. The second-order valence-electron chi connectivity index (χ2n) is 15.5. The van der Waals surface area contributed by atoms with Crippen molar-refractivity contribution in [3.63, 3.8) is 0 Å². The van der Waals surface area contributed by atoms with Crippen LogP contribution >= 0.6 is 0 Å². The van der Waals surface area contributed by atoms with Crippen LogP contribution < -0.4 is 20.7 Å². The molecule has 18 heteroatoms. The van der Waals surface area contributed by atoms with Gasteiger partial charge in [-0.3, -0.25) is 14.7 Å². The van der Waals surface area contributed by atoms with Crippen molar-refractivity contribution >= 4 is 29.6 Å². The molecule has 1 saturated carbocycles. The van der Waals surface area contributed by atoms with E-state index in [0.717, 1.165) is 22.2 Å². The number of aliphatic hydroxyl groups excluding tert-OH is 4. The highest BCUT2D eigenvalue weighted by molar-refractivity contribution is 6.10. The first-order chi connectivity index (χ1) is 28.7. The standard InChI is InChI=1S/C42H48N6O12/c1-44-40(43)47-25-11-12-41(17-25,24-5-3-2-4-6-24)18-28-27-15-31(51)32(59-42(58)38(55)37(54)36(53)33(20-49)60-42)16-29(27)48(35(28)39(56)57)34(52)10-8-22-7-9-30(50)23(13-22)14-26-19-45-21-46-26/h2-10,13,15-16,19,21,25,28,33,35-38,49-51,53-55,58H,11-12,14,17-18,20H2,1H3,(H,45,46)(H,56,57)(H3,43,44,47). The van der Waals surface area contributed by atoms with Crippen LogP contribution in [0.5, 0.6) is 17.2 Å². The molecular formula is C42H48N6O12. The van der Waals surface area contributed by atoms with E-state index >= 15 is 0 Å². The Bertz CT molecular complexity index is 2250. The molecule has 9 atom stereocenters. The topological polar surface area (TPSA) is 297 Å². The van der Waals surface area contributed by atoms with E-state index in [1.807, 2.05) is 30.3 Å². The van der Waals surface area contributed by atoms with Crippen molar-refractivity contribution in [1.82, 2.24) is 15.3 Å². The van der Waals surface area contributed by atoms with Crippen LogP contribution in [0.1, 0.15) is 59.5 Å². The summed E-state index contributed by atoms with van der Waals surface area (Å²) >= 11 is 0. The number of carboxylic acids is 1. The SMILES string of the molecule is CN=C(N)NC1CCC(CC2c3cc(O)c(OC4(O)OC(CO)C(O)C(O)C4O)cc3N(C(=O)C=Cc3ccc(O)c(Cc4cnc[nH]4)c3)C2C(=O)O)(c2ccccc2)C1. The minimum absolute atomic E-state index is 0.00748. The molecule has 60 heavy (non-hydrogen) atoms. The Morgan fingerprint density at radius 2 is 1.87 bits per heavy atom. The molecule has 0 radical (unpaired) electrons. The Morgan fingerprint density at radius 3 is 2.55 bits per heavy atom. The lowest BCUT2D eigenvalue weighted by Crippen LogP contribution is -2.67. The van der Waals surface area contributed by atoms with Gasteiger partial charge in [-0.15, -0.1) is 0 Å². The summed E-state index contributed by atoms with van der Waals surface area (Å²) in [6.45, 7) is -0.896. The summed E-state index contributed by atoms with van der Waals surface area (Å²) in [6.07, 6.45) is 0.273. The molecule has 2 fully saturated rings. The number of amides is 1. The predicted octanol–water partition coefficient (Wildman–Crippen LogP) is 0.922. The maximum atomic E-state index is 14.5. The number of nitrogens with one attached hydrogen (secondary N) is 2. The van der Waals surface area contributed by atoms with E-state index in [1.54, 1.807) is 25.4 Å². The number of aromatic amines is 1. The molecule has 0 bridgehead atoms. The van der Waals surface area contributed by atoms with Crippen LogP contribution in [0.2, 0.25) is 0 Å². The van der Waals surface area contributed by atoms with E-state index in [0.29, 0.717) is 36.8 Å². The number of fused-ring (bicyclic) bond motifs is 1. The fourth-order valence-corrected chi connectivity index (χ4v) is 8.77. The van der Waals surface area contributed by atoms with Crippen molar-refractivity contribution < 1.29 is 59.9 Å². The smallest absolute Gasteiger partial charge is 0.355 e. The molecule has 0 spiro atoms. The van der Waals surface area contributed by atoms with Gasteiger partial charge in [0.15, 0.2) is 23.6 Å². The third-order valence-electron chi connectivity index (χ3n) is 11.8. The molecule has 1 saturated heterocycles. The number of nitrogens with zero attached hydrogens (tertiary/aromatic N) is 3. The van der Waals surface area contributed by atoms with E-state index in [1.165, 1.54) is 30.6 Å². The van der Waals surface area contributed by atoms with E-state index in [4.69, 9.17) is 15.2 Å². The van der Waals surface area contributed by atoms with Gasteiger partial charge in [-0.25, -0.2) is 9.78 Å². The van der Waals surface area contributed by atoms with Crippen LogP contribution in [0.25, 0.3) is 6.08 Å². The number of phenolic OH excluding ortho intramolecular Hbond substituents is 2. The summed E-state index contributed by atoms with van der Waals surface area (Å²) in [7, 11) is 1.57. The van der Waals surface area contributed by atoms with E-state index in [9.17, 15) is 50.4 Å². The number of nitrogens with two attached hydrogens (primary N) is 1. The van der Waals surface area contributed by atoms with Gasteiger partial charge < -0.3 is 66.4 Å². The lowest BCUT2D eigenvalue weighted by atomic mass is 9.70. The maximum absolute atomic E-state index is 14.5. The van der Waals surface area contributed by atoms with Crippen molar-refractivity contribution in [2.75, 3.05) is 18.6 Å². The average molecular weight is 829 g/mol. The number of H-pyrrole nitrogens is 1. The monoisotopic (exact) mass is 828 g/mol. The zero-order chi connectivity index (χ0) is 42.9. The van der Waals surface area contributed by atoms with Gasteiger partial charge in [0, 0.05) is 55.0 Å². The Kier molecular flexibility index (Phi) is 11.9. The molecule has 12 N–H and O–H groups in total. The fourth-order valence-electron chi connectivity index (χ4n) is 8.77. The lowest BCUT2D eigenvalue weighted by molar-refractivity contribution is -0.422. The number of ether oxygens (including phenoxy) is 2. The van der Waals surface area contributed by atoms with Gasteiger partial charge in [0.25, 0.3) is 5.91 Å². The van der Waals surface area contributed by atoms with Gasteiger partial charge >= 0.3 is 11.9 Å². The normalized spacial score (nSPS) is 29.1. The van der Waals surface area contributed by atoms with Crippen molar-refractivity contribution in [3.8, 4) is 17.2 Å². The molecule has 3 heterocycles. The fraction of sp³-hybridized carbons (Fsp3) is 0.381. The maximum Gasteiger partial charge on any atom is 0.355 e. The largest absolute Gasteiger partial charge is 0.508 e. The minimum atomic E-state index is -3.13.